The highest BCUT2D eigenvalue weighted by atomic mass is 35.5. The van der Waals surface area contributed by atoms with Crippen LogP contribution in [0.4, 0.5) is 5.69 Å². The van der Waals surface area contributed by atoms with Gasteiger partial charge in [0.1, 0.15) is 5.76 Å². The first-order valence-electron chi connectivity index (χ1n) is 7.94. The molecule has 25 heavy (non-hydrogen) atoms. The number of nitrogens with zero attached hydrogens (tertiary/aromatic N) is 2. The van der Waals surface area contributed by atoms with Crippen molar-refractivity contribution in [3.63, 3.8) is 0 Å². The molecular formula is C20H15ClN2O2. The molecule has 5 heteroatoms. The van der Waals surface area contributed by atoms with E-state index < -0.39 is 4.87 Å². The average molecular weight is 351 g/mol. The van der Waals surface area contributed by atoms with Gasteiger partial charge in [0.25, 0.3) is 5.91 Å². The number of carbonyl (C=O) groups excluding carboxylic acids is 1. The van der Waals surface area contributed by atoms with Crippen molar-refractivity contribution < 1.29 is 9.21 Å². The molecule has 1 aromatic heterocycles. The zero-order valence-corrected chi connectivity index (χ0v) is 14.1. The highest BCUT2D eigenvalue weighted by molar-refractivity contribution is 6.53. The zero-order valence-electron chi connectivity index (χ0n) is 13.3. The van der Waals surface area contributed by atoms with Gasteiger partial charge in [-0.2, -0.15) is 10.1 Å². The largest absolute Gasteiger partial charge is 0.469 e. The van der Waals surface area contributed by atoms with Gasteiger partial charge in [-0.3, -0.25) is 4.79 Å². The van der Waals surface area contributed by atoms with Crippen LogP contribution in [0.1, 0.15) is 11.3 Å². The fraction of sp³-hybridized carbons (Fsp3) is 0.100. The summed E-state index contributed by atoms with van der Waals surface area (Å²) >= 11 is 6.88. The first kappa shape index (κ1) is 15.7. The van der Waals surface area contributed by atoms with Gasteiger partial charge < -0.3 is 4.42 Å². The smallest absolute Gasteiger partial charge is 0.275 e. The van der Waals surface area contributed by atoms with Gasteiger partial charge in [0, 0.05) is 12.0 Å². The summed E-state index contributed by atoms with van der Waals surface area (Å²) in [5.41, 5.74) is 2.03. The van der Waals surface area contributed by atoms with Gasteiger partial charge in [-0.15, -0.1) is 11.6 Å². The molecule has 0 unspecified atom stereocenters. The fourth-order valence-corrected chi connectivity index (χ4v) is 3.29. The summed E-state index contributed by atoms with van der Waals surface area (Å²) in [6.45, 7) is 0. The summed E-state index contributed by atoms with van der Waals surface area (Å²) in [5, 5.41) is 5.94. The third-order valence-corrected chi connectivity index (χ3v) is 4.63. The number of hydrazone groups is 1. The Balaban J connectivity index is 1.81. The van der Waals surface area contributed by atoms with Crippen LogP contribution >= 0.6 is 11.6 Å². The van der Waals surface area contributed by atoms with E-state index in [1.54, 1.807) is 12.3 Å². The van der Waals surface area contributed by atoms with Gasteiger partial charge in [-0.25, -0.2) is 0 Å². The van der Waals surface area contributed by atoms with Gasteiger partial charge in [0.2, 0.25) is 0 Å². The number of benzene rings is 2. The number of rotatable bonds is 4. The Morgan fingerprint density at radius 2 is 1.64 bits per heavy atom. The Hall–Kier alpha value is -2.85. The number of hydrogen-bond acceptors (Lipinski definition) is 3. The first-order chi connectivity index (χ1) is 12.2. The molecule has 124 valence electrons. The Kier molecular flexibility index (Phi) is 3.90. The van der Waals surface area contributed by atoms with Crippen LogP contribution in [0.3, 0.4) is 0 Å². The molecule has 3 aromatic rings. The molecule has 0 saturated carbocycles. The van der Waals surface area contributed by atoms with Gasteiger partial charge in [-0.05, 0) is 24.3 Å². The van der Waals surface area contributed by atoms with Crippen LogP contribution in [-0.4, -0.2) is 16.5 Å². The van der Waals surface area contributed by atoms with Gasteiger partial charge in [0.15, 0.2) is 4.87 Å². The second-order valence-corrected chi connectivity index (χ2v) is 6.47. The zero-order chi connectivity index (χ0) is 17.3. The summed E-state index contributed by atoms with van der Waals surface area (Å²) in [6.07, 6.45) is 1.81. The molecule has 1 aliphatic heterocycles. The van der Waals surface area contributed by atoms with E-state index >= 15 is 0 Å². The van der Waals surface area contributed by atoms with Gasteiger partial charge >= 0.3 is 0 Å². The van der Waals surface area contributed by atoms with E-state index in [9.17, 15) is 4.79 Å². The number of furan rings is 1. The molecular weight excluding hydrogens is 336 g/mol. The van der Waals surface area contributed by atoms with E-state index in [-0.39, 0.29) is 12.3 Å². The number of amides is 1. The molecule has 1 amide bonds. The second-order valence-electron chi connectivity index (χ2n) is 5.82. The lowest BCUT2D eigenvalue weighted by Crippen LogP contribution is -2.43. The summed E-state index contributed by atoms with van der Waals surface area (Å²) in [4.78, 5) is 11.9. The molecule has 0 bridgehead atoms. The van der Waals surface area contributed by atoms with Crippen LogP contribution in [0.5, 0.6) is 0 Å². The lowest BCUT2D eigenvalue weighted by molar-refractivity contribution is -0.118. The normalized spacial score (nSPS) is 20.0. The molecule has 0 N–H and O–H groups in total. The van der Waals surface area contributed by atoms with Crippen molar-refractivity contribution in [2.45, 2.75) is 11.3 Å². The predicted molar refractivity (Wildman–Crippen MR) is 97.9 cm³/mol. The number of alkyl halides is 1. The minimum Gasteiger partial charge on any atom is -0.469 e. The number of anilines is 1. The van der Waals surface area contributed by atoms with Crippen molar-refractivity contribution in [2.75, 3.05) is 5.01 Å². The van der Waals surface area contributed by atoms with Gasteiger partial charge in [0.05, 0.1) is 17.7 Å². The van der Waals surface area contributed by atoms with Crippen LogP contribution in [0.2, 0.25) is 0 Å². The molecule has 0 aliphatic carbocycles. The summed E-state index contributed by atoms with van der Waals surface area (Å²) in [5.74, 6) is 0.359. The van der Waals surface area contributed by atoms with Crippen molar-refractivity contribution in [1.29, 1.82) is 0 Å². The third-order valence-electron chi connectivity index (χ3n) is 4.15. The lowest BCUT2D eigenvalue weighted by atomic mass is 9.92. The molecule has 0 saturated heterocycles. The van der Waals surface area contributed by atoms with Crippen LogP contribution in [0, 0.1) is 0 Å². The summed E-state index contributed by atoms with van der Waals surface area (Å²) in [6, 6.07) is 22.4. The van der Waals surface area contributed by atoms with Crippen LogP contribution in [-0.2, 0) is 11.2 Å². The fourth-order valence-electron chi connectivity index (χ4n) is 2.93. The molecule has 1 aliphatic rings. The van der Waals surface area contributed by atoms with Crippen molar-refractivity contribution in [1.82, 2.24) is 0 Å². The van der Waals surface area contributed by atoms with E-state index in [1.165, 1.54) is 5.01 Å². The van der Waals surface area contributed by atoms with E-state index in [4.69, 9.17) is 16.0 Å². The number of hydrogen-bond donors (Lipinski definition) is 0. The SMILES string of the molecule is O=C1N(c2ccccc2)N=C(c2ccccc2)[C@@]1(Cl)Cc1ccco1. The number of para-hydroxylation sites is 1. The van der Waals surface area contributed by atoms with E-state index in [0.717, 1.165) is 5.56 Å². The molecule has 4 nitrogen and oxygen atoms in total. The molecule has 4 rings (SSSR count). The second kappa shape index (κ2) is 6.22. The third kappa shape index (κ3) is 2.75. The Labute approximate surface area is 150 Å². The Bertz CT molecular complexity index is 907. The quantitative estimate of drug-likeness (QED) is 0.660. The maximum Gasteiger partial charge on any atom is 0.275 e. The molecule has 0 fully saturated rings. The van der Waals surface area contributed by atoms with E-state index in [0.29, 0.717) is 17.2 Å². The Morgan fingerprint density at radius 3 is 2.28 bits per heavy atom. The standard InChI is InChI=1S/C20H15ClN2O2/c21-20(14-17-12-7-13-25-17)18(15-8-3-1-4-9-15)22-23(19(20)24)16-10-5-2-6-11-16/h1-13H,14H2/t20-/m0/s1. The maximum absolute atomic E-state index is 13.2. The monoisotopic (exact) mass is 350 g/mol. The minimum absolute atomic E-state index is 0.234. The average Bonchev–Trinajstić information content (AvgIpc) is 3.24. The van der Waals surface area contributed by atoms with Crippen LogP contribution in [0.15, 0.2) is 88.6 Å². The van der Waals surface area contributed by atoms with Gasteiger partial charge in [-0.1, -0.05) is 48.5 Å². The van der Waals surface area contributed by atoms with Crippen LogP contribution < -0.4 is 5.01 Å². The molecule has 2 aromatic carbocycles. The molecule has 1 atom stereocenters. The van der Waals surface area contributed by atoms with Crippen molar-refractivity contribution >= 4 is 28.9 Å². The lowest BCUT2D eigenvalue weighted by Gasteiger charge is -2.21. The highest BCUT2D eigenvalue weighted by Crippen LogP contribution is 2.36. The minimum atomic E-state index is -1.31. The molecule has 2 heterocycles. The molecule has 0 radical (unpaired) electrons. The maximum atomic E-state index is 13.2. The first-order valence-corrected chi connectivity index (χ1v) is 8.32. The van der Waals surface area contributed by atoms with E-state index in [2.05, 4.69) is 5.10 Å². The summed E-state index contributed by atoms with van der Waals surface area (Å²) in [7, 11) is 0. The summed E-state index contributed by atoms with van der Waals surface area (Å²) < 4.78 is 5.42. The topological polar surface area (TPSA) is 45.8 Å². The van der Waals surface area contributed by atoms with Crippen molar-refractivity contribution in [3.05, 3.63) is 90.4 Å². The van der Waals surface area contributed by atoms with Crippen LogP contribution in [0.25, 0.3) is 0 Å². The van der Waals surface area contributed by atoms with Crippen molar-refractivity contribution in [2.24, 2.45) is 5.10 Å². The number of halogens is 1. The highest BCUT2D eigenvalue weighted by Gasteiger charge is 2.51. The Morgan fingerprint density at radius 1 is 0.960 bits per heavy atom. The molecule has 0 spiro atoms. The number of carbonyl (C=O) groups is 1. The predicted octanol–water partition coefficient (Wildman–Crippen LogP) is 4.25. The van der Waals surface area contributed by atoms with E-state index in [1.807, 2.05) is 66.7 Å². The van der Waals surface area contributed by atoms with Crippen molar-refractivity contribution in [3.8, 4) is 0 Å².